The molecule has 0 bridgehead atoms. The first-order chi connectivity index (χ1) is 13.0. The van der Waals surface area contributed by atoms with E-state index < -0.39 is 18.9 Å². The number of amides is 1. The molecule has 1 aromatic carbocycles. The number of para-hydroxylation sites is 1. The summed E-state index contributed by atoms with van der Waals surface area (Å²) in [6.45, 7) is 3.45. The maximum atomic E-state index is 13.0. The number of furan rings is 1. The van der Waals surface area contributed by atoms with Gasteiger partial charge in [0.25, 0.3) is 12.3 Å². The van der Waals surface area contributed by atoms with Gasteiger partial charge in [0.1, 0.15) is 9.92 Å². The number of carbonyl (C=O) groups excluding carboxylic acids is 1. The van der Waals surface area contributed by atoms with Crippen LogP contribution in [0.15, 0.2) is 38.4 Å². The molecule has 27 heavy (non-hydrogen) atoms. The molecule has 0 fully saturated rings. The highest BCUT2D eigenvalue weighted by Gasteiger charge is 2.26. The molecule has 2 heterocycles. The molecule has 0 saturated heterocycles. The number of hydrogen-bond acceptors (Lipinski definition) is 5. The van der Waals surface area contributed by atoms with Crippen molar-refractivity contribution < 1.29 is 18.0 Å². The molecule has 0 aliphatic carbocycles. The molecule has 0 saturated carbocycles. The summed E-state index contributed by atoms with van der Waals surface area (Å²) < 4.78 is 32.5. The number of aromatic nitrogens is 1. The second kappa shape index (κ2) is 8.84. The lowest BCUT2D eigenvalue weighted by atomic mass is 10.1. The lowest BCUT2D eigenvalue weighted by Crippen LogP contribution is -2.36. The van der Waals surface area contributed by atoms with Gasteiger partial charge in [0, 0.05) is 34.3 Å². The monoisotopic (exact) mass is 410 g/mol. The van der Waals surface area contributed by atoms with E-state index in [1.165, 1.54) is 16.7 Å². The molecular formula is C19H20F2N2O2S2. The van der Waals surface area contributed by atoms with Gasteiger partial charge >= 0.3 is 0 Å². The van der Waals surface area contributed by atoms with Gasteiger partial charge in [0.05, 0.1) is 6.54 Å². The first-order valence-corrected chi connectivity index (χ1v) is 10.5. The molecule has 8 heteroatoms. The van der Waals surface area contributed by atoms with E-state index in [-0.39, 0.29) is 12.3 Å². The maximum Gasteiger partial charge on any atom is 0.290 e. The van der Waals surface area contributed by atoms with Crippen LogP contribution < -0.4 is 0 Å². The van der Waals surface area contributed by atoms with Crippen molar-refractivity contribution in [1.82, 2.24) is 9.88 Å². The Bertz CT molecular complexity index is 923. The molecule has 0 unspecified atom stereocenters. The lowest BCUT2D eigenvalue weighted by molar-refractivity contribution is 0.0529. The average Bonchev–Trinajstić information content (AvgIpc) is 3.22. The SMILES string of the molecule is CCCN(CC(F)F)C(=O)c1oc2ccccc2c1CSc1nc(C)cs1. The largest absolute Gasteiger partial charge is 0.451 e. The quantitative estimate of drug-likeness (QED) is 0.453. The summed E-state index contributed by atoms with van der Waals surface area (Å²) in [5.74, 6) is 0.144. The van der Waals surface area contributed by atoms with Crippen molar-refractivity contribution in [3.05, 3.63) is 46.7 Å². The predicted molar refractivity (Wildman–Crippen MR) is 105 cm³/mol. The Kier molecular flexibility index (Phi) is 6.49. The van der Waals surface area contributed by atoms with Crippen molar-refractivity contribution in [1.29, 1.82) is 0 Å². The maximum absolute atomic E-state index is 13.0. The summed E-state index contributed by atoms with van der Waals surface area (Å²) in [6, 6.07) is 7.36. The molecule has 3 aromatic rings. The molecule has 0 aliphatic heterocycles. The minimum atomic E-state index is -2.58. The van der Waals surface area contributed by atoms with E-state index >= 15 is 0 Å². The first kappa shape index (κ1) is 19.8. The summed E-state index contributed by atoms with van der Waals surface area (Å²) in [5, 5.41) is 2.79. The van der Waals surface area contributed by atoms with Crippen LogP contribution in [0.1, 0.15) is 35.2 Å². The van der Waals surface area contributed by atoms with Gasteiger partial charge in [-0.3, -0.25) is 4.79 Å². The van der Waals surface area contributed by atoms with Gasteiger partial charge in [0.2, 0.25) is 0 Å². The van der Waals surface area contributed by atoms with Crippen LogP contribution in [0.2, 0.25) is 0 Å². The van der Waals surface area contributed by atoms with Crippen LogP contribution in [0.25, 0.3) is 11.0 Å². The highest BCUT2D eigenvalue weighted by atomic mass is 32.2. The highest BCUT2D eigenvalue weighted by molar-refractivity contribution is 8.00. The number of thiazole rings is 1. The Balaban J connectivity index is 1.94. The minimum absolute atomic E-state index is 0.145. The number of aryl methyl sites for hydroxylation is 1. The topological polar surface area (TPSA) is 46.3 Å². The number of rotatable bonds is 8. The van der Waals surface area contributed by atoms with Gasteiger partial charge < -0.3 is 9.32 Å². The van der Waals surface area contributed by atoms with Crippen LogP contribution in [0.5, 0.6) is 0 Å². The highest BCUT2D eigenvalue weighted by Crippen LogP contribution is 2.34. The summed E-state index contributed by atoms with van der Waals surface area (Å²) in [7, 11) is 0. The summed E-state index contributed by atoms with van der Waals surface area (Å²) in [6.07, 6.45) is -1.98. The summed E-state index contributed by atoms with van der Waals surface area (Å²) in [5.41, 5.74) is 2.26. The fourth-order valence-electron chi connectivity index (χ4n) is 2.80. The van der Waals surface area contributed by atoms with Crippen molar-refractivity contribution >= 4 is 40.0 Å². The van der Waals surface area contributed by atoms with Crippen LogP contribution >= 0.6 is 23.1 Å². The van der Waals surface area contributed by atoms with Crippen molar-refractivity contribution in [2.24, 2.45) is 0 Å². The zero-order valence-electron chi connectivity index (χ0n) is 15.1. The van der Waals surface area contributed by atoms with Crippen LogP contribution in [0.3, 0.4) is 0 Å². The van der Waals surface area contributed by atoms with E-state index in [1.54, 1.807) is 17.4 Å². The Hall–Kier alpha value is -1.93. The Morgan fingerprint density at radius 1 is 1.37 bits per heavy atom. The van der Waals surface area contributed by atoms with E-state index in [0.717, 1.165) is 21.0 Å². The van der Waals surface area contributed by atoms with Gasteiger partial charge in [0.15, 0.2) is 5.76 Å². The Morgan fingerprint density at radius 3 is 2.81 bits per heavy atom. The third-order valence-electron chi connectivity index (χ3n) is 3.97. The van der Waals surface area contributed by atoms with Crippen molar-refractivity contribution in [3.63, 3.8) is 0 Å². The predicted octanol–water partition coefficient (Wildman–Crippen LogP) is 5.61. The lowest BCUT2D eigenvalue weighted by Gasteiger charge is -2.21. The molecular weight excluding hydrogens is 390 g/mol. The van der Waals surface area contributed by atoms with Gasteiger partial charge in [-0.25, -0.2) is 13.8 Å². The molecule has 4 nitrogen and oxygen atoms in total. The Morgan fingerprint density at radius 2 is 2.15 bits per heavy atom. The van der Waals surface area contributed by atoms with Gasteiger partial charge in [-0.15, -0.1) is 11.3 Å². The summed E-state index contributed by atoms with van der Waals surface area (Å²) >= 11 is 3.05. The normalized spacial score (nSPS) is 11.4. The second-order valence-electron chi connectivity index (χ2n) is 6.09. The molecule has 0 aliphatic rings. The molecule has 3 rings (SSSR count). The van der Waals surface area contributed by atoms with Crippen LogP contribution in [0, 0.1) is 6.92 Å². The zero-order chi connectivity index (χ0) is 19.4. The number of carbonyl (C=O) groups is 1. The van der Waals surface area contributed by atoms with E-state index in [4.69, 9.17) is 4.42 Å². The number of fused-ring (bicyclic) bond motifs is 1. The number of nitrogens with zero attached hydrogens (tertiary/aromatic N) is 2. The molecule has 2 aromatic heterocycles. The first-order valence-electron chi connectivity index (χ1n) is 8.62. The molecule has 1 amide bonds. The number of halogens is 2. The van der Waals surface area contributed by atoms with E-state index in [9.17, 15) is 13.6 Å². The van der Waals surface area contributed by atoms with Crippen LogP contribution in [-0.4, -0.2) is 35.3 Å². The molecule has 0 N–H and O–H groups in total. The molecule has 0 radical (unpaired) electrons. The number of hydrogen-bond donors (Lipinski definition) is 0. The fraction of sp³-hybridized carbons (Fsp3) is 0.368. The summed E-state index contributed by atoms with van der Waals surface area (Å²) in [4.78, 5) is 18.5. The third kappa shape index (κ3) is 4.68. The van der Waals surface area contributed by atoms with Gasteiger partial charge in [-0.1, -0.05) is 36.9 Å². The van der Waals surface area contributed by atoms with E-state index in [1.807, 2.05) is 37.4 Å². The number of thioether (sulfide) groups is 1. The standard InChI is InChI=1S/C19H20F2N2O2S2/c1-3-8-23(9-16(20)21)18(24)17-14(11-27-19-22-12(2)10-26-19)13-6-4-5-7-15(13)25-17/h4-7,10,16H,3,8-9,11H2,1-2H3. The van der Waals surface area contributed by atoms with Crippen molar-refractivity contribution in [2.45, 2.75) is 36.8 Å². The van der Waals surface area contributed by atoms with Crippen molar-refractivity contribution in [2.75, 3.05) is 13.1 Å². The van der Waals surface area contributed by atoms with E-state index in [2.05, 4.69) is 4.98 Å². The zero-order valence-corrected chi connectivity index (χ0v) is 16.7. The van der Waals surface area contributed by atoms with Crippen molar-refractivity contribution in [3.8, 4) is 0 Å². The van der Waals surface area contributed by atoms with Crippen LogP contribution in [0.4, 0.5) is 8.78 Å². The number of alkyl halides is 2. The Labute approximate surface area is 164 Å². The third-order valence-corrected chi connectivity index (χ3v) is 6.13. The molecule has 0 spiro atoms. The minimum Gasteiger partial charge on any atom is -0.451 e. The average molecular weight is 411 g/mol. The second-order valence-corrected chi connectivity index (χ2v) is 8.17. The number of benzene rings is 1. The molecule has 0 atom stereocenters. The van der Waals surface area contributed by atoms with Crippen LogP contribution in [-0.2, 0) is 5.75 Å². The molecule has 144 valence electrons. The van der Waals surface area contributed by atoms with Gasteiger partial charge in [-0.05, 0) is 19.4 Å². The van der Waals surface area contributed by atoms with Gasteiger partial charge in [-0.2, -0.15) is 0 Å². The smallest absolute Gasteiger partial charge is 0.290 e. The fourth-order valence-corrected chi connectivity index (χ4v) is 4.68. The van der Waals surface area contributed by atoms with E-state index in [0.29, 0.717) is 17.8 Å².